The van der Waals surface area contributed by atoms with Crippen molar-refractivity contribution in [3.63, 3.8) is 0 Å². The lowest BCUT2D eigenvalue weighted by atomic mass is 10.2. The topological polar surface area (TPSA) is 49.8 Å². The van der Waals surface area contributed by atoms with Crippen LogP contribution in [-0.4, -0.2) is 15.1 Å². The number of hydrogen-bond acceptors (Lipinski definition) is 3. The molecule has 5 heteroatoms. The zero-order valence-corrected chi connectivity index (χ0v) is 14.2. The highest BCUT2D eigenvalue weighted by Gasteiger charge is 2.04. The Kier molecular flexibility index (Phi) is 4.21. The molecule has 23 heavy (non-hydrogen) atoms. The quantitative estimate of drug-likeness (QED) is 0.686. The van der Waals surface area contributed by atoms with Crippen LogP contribution in [0.5, 0.6) is 0 Å². The molecular formula is C18H18N4S. The first-order valence-electron chi connectivity index (χ1n) is 7.41. The summed E-state index contributed by atoms with van der Waals surface area (Å²) in [5, 5.41) is 6.90. The molecule has 0 saturated carbocycles. The van der Waals surface area contributed by atoms with E-state index in [0.717, 1.165) is 33.8 Å². The number of fused-ring (bicyclic) bond motifs is 1. The van der Waals surface area contributed by atoms with E-state index >= 15 is 0 Å². The van der Waals surface area contributed by atoms with Gasteiger partial charge in [-0.15, -0.1) is 0 Å². The van der Waals surface area contributed by atoms with Gasteiger partial charge in [-0.1, -0.05) is 17.7 Å². The number of rotatable bonds is 2. The predicted molar refractivity (Wildman–Crippen MR) is 100 cm³/mol. The molecule has 116 valence electrons. The summed E-state index contributed by atoms with van der Waals surface area (Å²) in [4.78, 5) is 9.10. The first-order chi connectivity index (χ1) is 11.0. The summed E-state index contributed by atoms with van der Waals surface area (Å²) < 4.78 is 0. The molecule has 0 radical (unpaired) electrons. The van der Waals surface area contributed by atoms with Crippen molar-refractivity contribution in [3.8, 4) is 0 Å². The fraction of sp³-hybridized carbons (Fsp3) is 0.167. The van der Waals surface area contributed by atoms with Crippen molar-refractivity contribution in [2.45, 2.75) is 20.8 Å². The summed E-state index contributed by atoms with van der Waals surface area (Å²) in [5.74, 6) is 0. The van der Waals surface area contributed by atoms with Crippen LogP contribution in [0.1, 0.15) is 17.0 Å². The number of aromatic nitrogens is 2. The summed E-state index contributed by atoms with van der Waals surface area (Å²) >= 11 is 5.36. The number of hydrogen-bond donors (Lipinski definition) is 2. The Labute approximate surface area is 141 Å². The molecule has 1 aromatic heterocycles. The molecular weight excluding hydrogens is 304 g/mol. The van der Waals surface area contributed by atoms with E-state index in [2.05, 4.69) is 27.5 Å². The van der Waals surface area contributed by atoms with E-state index in [1.54, 1.807) is 0 Å². The van der Waals surface area contributed by atoms with Crippen LogP contribution in [0, 0.1) is 20.8 Å². The maximum absolute atomic E-state index is 5.36. The van der Waals surface area contributed by atoms with Gasteiger partial charge >= 0.3 is 0 Å². The van der Waals surface area contributed by atoms with Crippen molar-refractivity contribution in [3.05, 3.63) is 59.4 Å². The number of aryl methyl sites for hydroxylation is 3. The SMILES string of the molecule is Cc1ccc(NC(=S)Nc2ccc3nc(C)c(C)nc3c2)cc1. The number of anilines is 2. The maximum Gasteiger partial charge on any atom is 0.175 e. The van der Waals surface area contributed by atoms with Crippen LogP contribution in [0.15, 0.2) is 42.5 Å². The average molecular weight is 322 g/mol. The first-order valence-corrected chi connectivity index (χ1v) is 7.82. The minimum atomic E-state index is 0.546. The fourth-order valence-electron chi connectivity index (χ4n) is 2.24. The Morgan fingerprint density at radius 2 is 1.35 bits per heavy atom. The van der Waals surface area contributed by atoms with Crippen LogP contribution in [0.2, 0.25) is 0 Å². The Morgan fingerprint density at radius 1 is 0.783 bits per heavy atom. The van der Waals surface area contributed by atoms with Gasteiger partial charge in [0.2, 0.25) is 0 Å². The molecule has 2 N–H and O–H groups in total. The van der Waals surface area contributed by atoms with Crippen molar-refractivity contribution < 1.29 is 0 Å². The highest BCUT2D eigenvalue weighted by Crippen LogP contribution is 2.18. The largest absolute Gasteiger partial charge is 0.332 e. The molecule has 0 saturated heterocycles. The zero-order valence-electron chi connectivity index (χ0n) is 13.3. The molecule has 0 amide bonds. The molecule has 3 aromatic rings. The minimum Gasteiger partial charge on any atom is -0.332 e. The second kappa shape index (κ2) is 6.30. The van der Waals surface area contributed by atoms with Gasteiger partial charge in [0.25, 0.3) is 0 Å². The molecule has 0 spiro atoms. The molecule has 0 atom stereocenters. The third-order valence-corrected chi connectivity index (χ3v) is 3.85. The molecule has 0 aliphatic rings. The second-order valence-corrected chi connectivity index (χ2v) is 5.95. The minimum absolute atomic E-state index is 0.546. The number of nitrogens with zero attached hydrogens (tertiary/aromatic N) is 2. The van der Waals surface area contributed by atoms with Crippen LogP contribution in [-0.2, 0) is 0 Å². The van der Waals surface area contributed by atoms with Gasteiger partial charge in [-0.25, -0.2) is 9.97 Å². The summed E-state index contributed by atoms with van der Waals surface area (Å²) in [6, 6.07) is 13.9. The number of benzene rings is 2. The van der Waals surface area contributed by atoms with Gasteiger partial charge in [0.05, 0.1) is 22.4 Å². The van der Waals surface area contributed by atoms with Crippen molar-refractivity contribution >= 4 is 39.7 Å². The Morgan fingerprint density at radius 3 is 2.04 bits per heavy atom. The number of thiocarbonyl (C=S) groups is 1. The molecule has 4 nitrogen and oxygen atoms in total. The van der Waals surface area contributed by atoms with E-state index in [9.17, 15) is 0 Å². The summed E-state index contributed by atoms with van der Waals surface area (Å²) in [6.07, 6.45) is 0. The first kappa shape index (κ1) is 15.4. The van der Waals surface area contributed by atoms with Crippen molar-refractivity contribution in [1.82, 2.24) is 9.97 Å². The molecule has 0 aliphatic heterocycles. The van der Waals surface area contributed by atoms with Crippen LogP contribution in [0.3, 0.4) is 0 Å². The fourth-order valence-corrected chi connectivity index (χ4v) is 2.47. The Balaban J connectivity index is 1.76. The molecule has 0 bridgehead atoms. The summed E-state index contributed by atoms with van der Waals surface area (Å²) in [5.41, 5.74) is 6.70. The van der Waals surface area contributed by atoms with E-state index < -0.39 is 0 Å². The molecule has 2 aromatic carbocycles. The van der Waals surface area contributed by atoms with E-state index in [1.807, 2.05) is 56.3 Å². The molecule has 0 aliphatic carbocycles. The second-order valence-electron chi connectivity index (χ2n) is 5.54. The lowest BCUT2D eigenvalue weighted by Gasteiger charge is -2.11. The normalized spacial score (nSPS) is 10.6. The molecule has 1 heterocycles. The predicted octanol–water partition coefficient (Wildman–Crippen LogP) is 4.36. The standard InChI is InChI=1S/C18H18N4S/c1-11-4-6-14(7-5-11)21-18(23)22-15-8-9-16-17(10-15)20-13(3)12(2)19-16/h4-10H,1-3H3,(H2,21,22,23). The summed E-state index contributed by atoms with van der Waals surface area (Å²) in [7, 11) is 0. The van der Waals surface area contributed by atoms with Crippen LogP contribution < -0.4 is 10.6 Å². The average Bonchev–Trinajstić information content (AvgIpc) is 2.51. The van der Waals surface area contributed by atoms with Gasteiger partial charge in [0, 0.05) is 11.4 Å². The highest BCUT2D eigenvalue weighted by molar-refractivity contribution is 7.80. The van der Waals surface area contributed by atoms with Crippen LogP contribution in [0.25, 0.3) is 11.0 Å². The van der Waals surface area contributed by atoms with E-state index in [1.165, 1.54) is 5.56 Å². The van der Waals surface area contributed by atoms with Gasteiger partial charge in [0.1, 0.15) is 0 Å². The molecule has 0 unspecified atom stereocenters. The maximum atomic E-state index is 5.36. The smallest absolute Gasteiger partial charge is 0.175 e. The van der Waals surface area contributed by atoms with Crippen LogP contribution >= 0.6 is 12.2 Å². The van der Waals surface area contributed by atoms with Gasteiger partial charge in [-0.05, 0) is 63.3 Å². The Bertz CT molecular complexity index is 872. The lowest BCUT2D eigenvalue weighted by molar-refractivity contribution is 1.10. The van der Waals surface area contributed by atoms with E-state index in [-0.39, 0.29) is 0 Å². The third kappa shape index (κ3) is 3.63. The van der Waals surface area contributed by atoms with Crippen molar-refractivity contribution in [1.29, 1.82) is 0 Å². The van der Waals surface area contributed by atoms with E-state index in [0.29, 0.717) is 5.11 Å². The van der Waals surface area contributed by atoms with Gasteiger partial charge in [0.15, 0.2) is 5.11 Å². The molecule has 0 fully saturated rings. The van der Waals surface area contributed by atoms with E-state index in [4.69, 9.17) is 12.2 Å². The van der Waals surface area contributed by atoms with Crippen LogP contribution in [0.4, 0.5) is 11.4 Å². The highest BCUT2D eigenvalue weighted by atomic mass is 32.1. The molecule has 3 rings (SSSR count). The van der Waals surface area contributed by atoms with Crippen molar-refractivity contribution in [2.24, 2.45) is 0 Å². The van der Waals surface area contributed by atoms with Gasteiger partial charge in [-0.2, -0.15) is 0 Å². The van der Waals surface area contributed by atoms with Gasteiger partial charge < -0.3 is 10.6 Å². The zero-order chi connectivity index (χ0) is 16.4. The monoisotopic (exact) mass is 322 g/mol. The van der Waals surface area contributed by atoms with Gasteiger partial charge in [-0.3, -0.25) is 0 Å². The number of nitrogens with one attached hydrogen (secondary N) is 2. The lowest BCUT2D eigenvalue weighted by Crippen LogP contribution is -2.19. The summed E-state index contributed by atoms with van der Waals surface area (Å²) in [6.45, 7) is 5.99. The van der Waals surface area contributed by atoms with Crippen molar-refractivity contribution in [2.75, 3.05) is 10.6 Å². The Hall–Kier alpha value is -2.53. The third-order valence-electron chi connectivity index (χ3n) is 3.64.